The maximum absolute atomic E-state index is 11.7. The van der Waals surface area contributed by atoms with Gasteiger partial charge in [0.05, 0.1) is 12.6 Å². The molecular weight excluding hydrogens is 338 g/mol. The van der Waals surface area contributed by atoms with Gasteiger partial charge in [-0.1, -0.05) is 35.9 Å². The van der Waals surface area contributed by atoms with Crippen molar-refractivity contribution in [3.8, 4) is 5.75 Å². The van der Waals surface area contributed by atoms with Crippen LogP contribution >= 0.6 is 11.6 Å². The Balaban J connectivity index is 2.06. The van der Waals surface area contributed by atoms with Crippen LogP contribution in [-0.2, 0) is 4.79 Å². The van der Waals surface area contributed by atoms with Crippen molar-refractivity contribution in [1.29, 1.82) is 0 Å². The third kappa shape index (κ3) is 3.97. The zero-order valence-electron chi connectivity index (χ0n) is 14.2. The Bertz CT molecular complexity index is 749. The Hall–Kier alpha value is -2.04. The van der Waals surface area contributed by atoms with Gasteiger partial charge in [-0.2, -0.15) is 0 Å². The van der Waals surface area contributed by atoms with Crippen molar-refractivity contribution < 1.29 is 14.6 Å². The van der Waals surface area contributed by atoms with Gasteiger partial charge in [0.25, 0.3) is 0 Å². The summed E-state index contributed by atoms with van der Waals surface area (Å²) in [5.41, 5.74) is 2.01. The number of ether oxygens (including phenoxy) is 1. The number of benzene rings is 2. The quantitative estimate of drug-likeness (QED) is 0.831. The van der Waals surface area contributed by atoms with E-state index in [4.69, 9.17) is 16.3 Å². The van der Waals surface area contributed by atoms with Crippen LogP contribution in [0.4, 0.5) is 0 Å². The number of rotatable bonds is 6. The van der Waals surface area contributed by atoms with Crippen molar-refractivity contribution in [2.24, 2.45) is 0 Å². The van der Waals surface area contributed by atoms with E-state index in [0.717, 1.165) is 29.8 Å². The van der Waals surface area contributed by atoms with Gasteiger partial charge in [-0.05, 0) is 55.2 Å². The van der Waals surface area contributed by atoms with Crippen molar-refractivity contribution >= 4 is 17.6 Å². The van der Waals surface area contributed by atoms with Gasteiger partial charge in [-0.25, -0.2) is 0 Å². The fraction of sp³-hybridized carbons (Fsp3) is 0.350. The van der Waals surface area contributed by atoms with E-state index in [1.807, 2.05) is 55.5 Å². The predicted octanol–water partition coefficient (Wildman–Crippen LogP) is 4.38. The van der Waals surface area contributed by atoms with Crippen molar-refractivity contribution in [3.63, 3.8) is 0 Å². The summed E-state index contributed by atoms with van der Waals surface area (Å²) < 4.78 is 5.63. The van der Waals surface area contributed by atoms with Crippen molar-refractivity contribution in [2.45, 2.75) is 31.8 Å². The lowest BCUT2D eigenvalue weighted by Gasteiger charge is -2.32. The molecule has 2 unspecified atom stereocenters. The Morgan fingerprint density at radius 2 is 2.00 bits per heavy atom. The summed E-state index contributed by atoms with van der Waals surface area (Å²) in [6.45, 7) is 3.28. The molecule has 5 heteroatoms. The van der Waals surface area contributed by atoms with Crippen LogP contribution in [0.2, 0.25) is 5.02 Å². The highest BCUT2D eigenvalue weighted by Gasteiger charge is 2.37. The fourth-order valence-electron chi connectivity index (χ4n) is 3.56. The van der Waals surface area contributed by atoms with E-state index in [1.165, 1.54) is 0 Å². The molecule has 1 aliphatic rings. The molecule has 0 amide bonds. The normalized spacial score (nSPS) is 18.9. The van der Waals surface area contributed by atoms with E-state index >= 15 is 0 Å². The maximum atomic E-state index is 11.7. The van der Waals surface area contributed by atoms with Gasteiger partial charge in [0.1, 0.15) is 11.8 Å². The lowest BCUT2D eigenvalue weighted by Crippen LogP contribution is -2.39. The van der Waals surface area contributed by atoms with Crippen LogP contribution in [0.15, 0.2) is 48.5 Å². The maximum Gasteiger partial charge on any atom is 0.320 e. The van der Waals surface area contributed by atoms with E-state index < -0.39 is 12.0 Å². The number of carboxylic acid groups (broad SMARTS) is 1. The number of likely N-dealkylation sites (tertiary alicyclic amines) is 1. The van der Waals surface area contributed by atoms with Gasteiger partial charge in [-0.15, -0.1) is 0 Å². The number of carbonyl (C=O) groups is 1. The summed E-state index contributed by atoms with van der Waals surface area (Å²) in [7, 11) is 0. The summed E-state index contributed by atoms with van der Waals surface area (Å²) in [6, 6.07) is 14.9. The number of nitrogens with zero attached hydrogens (tertiary/aromatic N) is 1. The van der Waals surface area contributed by atoms with Crippen LogP contribution in [0.5, 0.6) is 5.75 Å². The number of halogens is 1. The number of hydrogen-bond acceptors (Lipinski definition) is 3. The van der Waals surface area contributed by atoms with E-state index in [1.54, 1.807) is 0 Å². The molecule has 2 atom stereocenters. The Labute approximate surface area is 153 Å². The number of hydrogen-bond donors (Lipinski definition) is 1. The highest BCUT2D eigenvalue weighted by atomic mass is 35.5. The van der Waals surface area contributed by atoms with Crippen molar-refractivity contribution in [1.82, 2.24) is 4.90 Å². The fourth-order valence-corrected chi connectivity index (χ4v) is 3.76. The summed E-state index contributed by atoms with van der Waals surface area (Å²) in [6.07, 6.45) is 1.54. The largest absolute Gasteiger partial charge is 0.494 e. The molecule has 132 valence electrons. The van der Waals surface area contributed by atoms with Crippen LogP contribution in [-0.4, -0.2) is 35.2 Å². The van der Waals surface area contributed by atoms with Crippen molar-refractivity contribution in [2.75, 3.05) is 13.2 Å². The molecule has 4 nitrogen and oxygen atoms in total. The van der Waals surface area contributed by atoms with Crippen LogP contribution in [0.1, 0.15) is 36.9 Å². The van der Waals surface area contributed by atoms with Gasteiger partial charge in [0.2, 0.25) is 0 Å². The standard InChI is InChI=1S/C20H22ClNO3/c1-2-25-17-9-4-7-15(13-17)19(14-6-3-8-16(21)12-14)22-11-5-10-18(22)20(23)24/h3-4,6-9,12-13,18-19H,2,5,10-11H2,1H3,(H,23,24). The minimum absolute atomic E-state index is 0.164. The average molecular weight is 360 g/mol. The molecule has 1 N–H and O–H groups in total. The summed E-state index contributed by atoms with van der Waals surface area (Å²) in [5.74, 6) is 0.0172. The molecule has 2 aromatic rings. The van der Waals surface area contributed by atoms with Gasteiger partial charge in [0, 0.05) is 11.6 Å². The second kappa shape index (κ2) is 7.89. The Morgan fingerprint density at radius 3 is 2.68 bits per heavy atom. The molecule has 1 fully saturated rings. The van der Waals surface area contributed by atoms with Crippen molar-refractivity contribution in [3.05, 3.63) is 64.7 Å². The first kappa shape index (κ1) is 17.8. The van der Waals surface area contributed by atoms with Crippen LogP contribution < -0.4 is 4.74 Å². The first-order valence-corrected chi connectivity index (χ1v) is 8.94. The molecule has 1 aliphatic heterocycles. The molecule has 2 aromatic carbocycles. The van der Waals surface area contributed by atoms with Crippen LogP contribution in [0.25, 0.3) is 0 Å². The third-order valence-corrected chi connectivity index (χ3v) is 4.80. The Morgan fingerprint density at radius 1 is 1.28 bits per heavy atom. The first-order chi connectivity index (χ1) is 12.1. The molecule has 0 radical (unpaired) electrons. The minimum Gasteiger partial charge on any atom is -0.494 e. The van der Waals surface area contributed by atoms with Crippen LogP contribution in [0.3, 0.4) is 0 Å². The van der Waals surface area contributed by atoms with E-state index in [0.29, 0.717) is 18.1 Å². The molecule has 1 saturated heterocycles. The van der Waals surface area contributed by atoms with E-state index in [-0.39, 0.29) is 6.04 Å². The molecule has 1 heterocycles. The molecule has 0 bridgehead atoms. The zero-order chi connectivity index (χ0) is 17.8. The molecule has 0 spiro atoms. The van der Waals surface area contributed by atoms with Gasteiger partial charge < -0.3 is 9.84 Å². The molecule has 3 rings (SSSR count). The molecule has 0 aliphatic carbocycles. The molecule has 25 heavy (non-hydrogen) atoms. The second-order valence-corrected chi connectivity index (χ2v) is 6.63. The number of carboxylic acids is 1. The minimum atomic E-state index is -0.773. The first-order valence-electron chi connectivity index (χ1n) is 8.57. The Kier molecular flexibility index (Phi) is 5.61. The molecular formula is C20H22ClNO3. The predicted molar refractivity (Wildman–Crippen MR) is 98.3 cm³/mol. The summed E-state index contributed by atoms with van der Waals surface area (Å²) in [5, 5.41) is 10.3. The second-order valence-electron chi connectivity index (χ2n) is 6.20. The van der Waals surface area contributed by atoms with Gasteiger partial charge in [0.15, 0.2) is 0 Å². The number of aliphatic carboxylic acids is 1. The lowest BCUT2D eigenvalue weighted by molar-refractivity contribution is -0.142. The molecule has 0 aromatic heterocycles. The van der Waals surface area contributed by atoms with Crippen LogP contribution in [0, 0.1) is 0 Å². The van der Waals surface area contributed by atoms with E-state index in [2.05, 4.69) is 4.90 Å². The highest BCUT2D eigenvalue weighted by Crippen LogP contribution is 2.36. The van der Waals surface area contributed by atoms with Gasteiger partial charge in [-0.3, -0.25) is 9.69 Å². The molecule has 0 saturated carbocycles. The average Bonchev–Trinajstić information content (AvgIpc) is 3.05. The van der Waals surface area contributed by atoms with E-state index in [9.17, 15) is 9.90 Å². The smallest absolute Gasteiger partial charge is 0.320 e. The zero-order valence-corrected chi connectivity index (χ0v) is 14.9. The summed E-state index contributed by atoms with van der Waals surface area (Å²) >= 11 is 6.20. The lowest BCUT2D eigenvalue weighted by atomic mass is 9.96. The topological polar surface area (TPSA) is 49.8 Å². The summed E-state index contributed by atoms with van der Waals surface area (Å²) in [4.78, 5) is 13.8. The third-order valence-electron chi connectivity index (χ3n) is 4.56. The SMILES string of the molecule is CCOc1cccc(C(c2cccc(Cl)c2)N2CCCC2C(=O)O)c1. The van der Waals surface area contributed by atoms with Gasteiger partial charge >= 0.3 is 5.97 Å². The monoisotopic (exact) mass is 359 g/mol. The highest BCUT2D eigenvalue weighted by molar-refractivity contribution is 6.30.